The smallest absolute Gasteiger partial charge is 0.545 e. The van der Waals surface area contributed by atoms with Gasteiger partial charge in [-0.05, 0) is 23.8 Å². The summed E-state index contributed by atoms with van der Waals surface area (Å²) < 4.78 is 0. The monoisotopic (exact) mass is 317 g/mol. The molecule has 0 radical (unpaired) electrons. The third-order valence-electron chi connectivity index (χ3n) is 2.47. The second kappa shape index (κ2) is 9.08. The van der Waals surface area contributed by atoms with E-state index in [0.717, 1.165) is 6.07 Å². The zero-order valence-electron chi connectivity index (χ0n) is 11.6. The number of benzene rings is 1. The molecule has 1 aromatic rings. The number of nitrogens with one attached hydrogen (secondary N) is 1. The molecule has 0 aliphatic carbocycles. The minimum atomic E-state index is -1.58. The van der Waals surface area contributed by atoms with Crippen LogP contribution in [0.3, 0.4) is 0 Å². The third kappa shape index (κ3) is 6.61. The summed E-state index contributed by atoms with van der Waals surface area (Å²) in [6, 6.07) is 2.40. The maximum Gasteiger partial charge on any atom is 1.00 e. The Morgan fingerprint density at radius 2 is 1.82 bits per heavy atom. The first kappa shape index (κ1) is 20.0. The Kier molecular flexibility index (Phi) is 8.24. The van der Waals surface area contributed by atoms with Crippen molar-refractivity contribution < 1.29 is 64.4 Å². The predicted molar refractivity (Wildman–Crippen MR) is 67.2 cm³/mol. The molecule has 9 heteroatoms. The first-order valence-corrected chi connectivity index (χ1v) is 5.73. The van der Waals surface area contributed by atoms with Crippen LogP contribution in [0.5, 0.6) is 11.5 Å². The van der Waals surface area contributed by atoms with Crippen molar-refractivity contribution >= 4 is 17.8 Å². The van der Waals surface area contributed by atoms with Gasteiger partial charge >= 0.3 is 35.5 Å². The van der Waals surface area contributed by atoms with Crippen molar-refractivity contribution in [3.8, 4) is 11.5 Å². The van der Waals surface area contributed by atoms with Gasteiger partial charge in [-0.25, -0.2) is 4.79 Å². The molecule has 0 saturated heterocycles. The first-order valence-electron chi connectivity index (χ1n) is 5.73. The van der Waals surface area contributed by atoms with Crippen molar-refractivity contribution in [2.45, 2.75) is 12.5 Å². The molecule has 1 amide bonds. The minimum Gasteiger partial charge on any atom is -0.545 e. The van der Waals surface area contributed by atoms with Crippen LogP contribution in [0.4, 0.5) is 0 Å². The topological polar surface area (TPSA) is 147 Å². The van der Waals surface area contributed by atoms with Gasteiger partial charge in [0.2, 0.25) is 5.91 Å². The minimum absolute atomic E-state index is 0. The summed E-state index contributed by atoms with van der Waals surface area (Å²) in [5.74, 6) is -4.60. The zero-order valence-corrected chi connectivity index (χ0v) is 13.6. The number of amides is 1. The summed E-state index contributed by atoms with van der Waals surface area (Å²) in [4.78, 5) is 32.5. The maximum absolute atomic E-state index is 11.3. The average Bonchev–Trinajstić information content (AvgIpc) is 2.39. The summed E-state index contributed by atoms with van der Waals surface area (Å²) in [6.07, 6.45) is 0.953. The Morgan fingerprint density at radius 1 is 1.18 bits per heavy atom. The second-order valence-electron chi connectivity index (χ2n) is 4.08. The van der Waals surface area contributed by atoms with Crippen LogP contribution in [-0.4, -0.2) is 39.2 Å². The van der Waals surface area contributed by atoms with Crippen molar-refractivity contribution in [2.75, 3.05) is 0 Å². The van der Waals surface area contributed by atoms with Gasteiger partial charge in [0.1, 0.15) is 6.04 Å². The SMILES string of the molecule is O=C([O-])/C=C\C(=O)N[C@@H](Cc1ccc(O)c(O)c1)C(=O)O.[Na+]. The molecule has 0 bridgehead atoms. The number of hydrogen-bond donors (Lipinski definition) is 4. The van der Waals surface area contributed by atoms with E-state index in [1.165, 1.54) is 12.1 Å². The van der Waals surface area contributed by atoms with Crippen LogP contribution in [0.25, 0.3) is 0 Å². The molecule has 4 N–H and O–H groups in total. The molecule has 0 aromatic heterocycles. The zero-order chi connectivity index (χ0) is 16.0. The van der Waals surface area contributed by atoms with E-state index in [2.05, 4.69) is 5.32 Å². The van der Waals surface area contributed by atoms with Gasteiger partial charge in [0.05, 0.1) is 5.97 Å². The molecule has 112 valence electrons. The van der Waals surface area contributed by atoms with Crippen LogP contribution in [0, 0.1) is 0 Å². The van der Waals surface area contributed by atoms with Crippen LogP contribution in [-0.2, 0) is 20.8 Å². The molecule has 0 fully saturated rings. The van der Waals surface area contributed by atoms with E-state index in [9.17, 15) is 24.6 Å². The molecule has 8 nitrogen and oxygen atoms in total. The van der Waals surface area contributed by atoms with E-state index in [4.69, 9.17) is 10.2 Å². The fourth-order valence-electron chi connectivity index (χ4n) is 1.50. The number of carboxylic acids is 2. The first-order chi connectivity index (χ1) is 9.79. The molecule has 0 unspecified atom stereocenters. The molecular formula is C13H12NNaO7. The van der Waals surface area contributed by atoms with Gasteiger partial charge < -0.3 is 30.5 Å². The van der Waals surface area contributed by atoms with E-state index in [-0.39, 0.29) is 41.7 Å². The van der Waals surface area contributed by atoms with Crippen molar-refractivity contribution in [2.24, 2.45) is 0 Å². The van der Waals surface area contributed by atoms with Crippen molar-refractivity contribution in [1.82, 2.24) is 5.32 Å². The molecule has 0 spiro atoms. The van der Waals surface area contributed by atoms with Gasteiger partial charge in [-0.15, -0.1) is 0 Å². The number of aliphatic carboxylic acids is 2. The van der Waals surface area contributed by atoms with Gasteiger partial charge in [-0.2, -0.15) is 0 Å². The Balaban J connectivity index is 0.00000441. The number of carbonyl (C=O) groups is 3. The molecular weight excluding hydrogens is 305 g/mol. The van der Waals surface area contributed by atoms with Crippen molar-refractivity contribution in [1.29, 1.82) is 0 Å². The molecule has 22 heavy (non-hydrogen) atoms. The van der Waals surface area contributed by atoms with Gasteiger partial charge in [0.15, 0.2) is 11.5 Å². The van der Waals surface area contributed by atoms with Crippen molar-refractivity contribution in [3.05, 3.63) is 35.9 Å². The van der Waals surface area contributed by atoms with E-state index in [0.29, 0.717) is 17.7 Å². The number of phenols is 2. The summed E-state index contributed by atoms with van der Waals surface area (Å²) in [6.45, 7) is 0. The summed E-state index contributed by atoms with van der Waals surface area (Å²) in [7, 11) is 0. The van der Waals surface area contributed by atoms with E-state index in [1.807, 2.05) is 0 Å². The fraction of sp³-hybridized carbons (Fsp3) is 0.154. The van der Waals surface area contributed by atoms with Crippen LogP contribution >= 0.6 is 0 Å². The Morgan fingerprint density at radius 3 is 2.32 bits per heavy atom. The summed E-state index contributed by atoms with van der Waals surface area (Å²) >= 11 is 0. The van der Waals surface area contributed by atoms with Gasteiger partial charge in [0, 0.05) is 12.5 Å². The quantitative estimate of drug-likeness (QED) is 0.235. The number of rotatable bonds is 6. The molecule has 0 saturated carbocycles. The van der Waals surface area contributed by atoms with Gasteiger partial charge in [-0.1, -0.05) is 6.07 Å². The van der Waals surface area contributed by atoms with Crippen molar-refractivity contribution in [3.63, 3.8) is 0 Å². The van der Waals surface area contributed by atoms with Crippen LogP contribution in [0.1, 0.15) is 5.56 Å². The Hall–Kier alpha value is -2.03. The normalized spacial score (nSPS) is 11.5. The standard InChI is InChI=1S/C13H13NO7.Na/c15-9-2-1-7(6-10(9)16)5-8(13(20)21)14-11(17)3-4-12(18)19;/h1-4,6,8,15-16H,5H2,(H,14,17)(H,18,19)(H,20,21);/q;+1/p-1/b4-3-;/t8-;/m0./s1. The summed E-state index contributed by atoms with van der Waals surface area (Å²) in [5.41, 5.74) is 0.363. The number of carbonyl (C=O) groups excluding carboxylic acids is 2. The van der Waals surface area contributed by atoms with Crippen LogP contribution < -0.4 is 40.0 Å². The predicted octanol–water partition coefficient (Wildman–Crippen LogP) is -4.48. The van der Waals surface area contributed by atoms with Crippen LogP contribution in [0.2, 0.25) is 0 Å². The van der Waals surface area contributed by atoms with E-state index in [1.54, 1.807) is 0 Å². The second-order valence-corrected chi connectivity index (χ2v) is 4.08. The number of aromatic hydroxyl groups is 2. The van der Waals surface area contributed by atoms with E-state index >= 15 is 0 Å². The molecule has 1 aromatic carbocycles. The molecule has 0 aliphatic heterocycles. The number of phenolic OH excluding ortho intramolecular Hbond substituents is 2. The largest absolute Gasteiger partial charge is 1.00 e. The molecule has 0 heterocycles. The third-order valence-corrected chi connectivity index (χ3v) is 2.47. The molecule has 1 atom stereocenters. The Labute approximate surface area is 147 Å². The van der Waals surface area contributed by atoms with Gasteiger partial charge in [-0.3, -0.25) is 4.79 Å². The Bertz CT molecular complexity index is 600. The number of carboxylic acid groups (broad SMARTS) is 2. The molecule has 1 rings (SSSR count). The average molecular weight is 317 g/mol. The number of hydrogen-bond acceptors (Lipinski definition) is 6. The fourth-order valence-corrected chi connectivity index (χ4v) is 1.50. The van der Waals surface area contributed by atoms with Gasteiger partial charge in [0.25, 0.3) is 0 Å². The molecule has 0 aliphatic rings. The van der Waals surface area contributed by atoms with Crippen LogP contribution in [0.15, 0.2) is 30.4 Å². The summed E-state index contributed by atoms with van der Waals surface area (Å²) in [5, 5.41) is 39.7. The van der Waals surface area contributed by atoms with E-state index < -0.39 is 29.6 Å². The maximum atomic E-state index is 11.3.